The Morgan fingerprint density at radius 1 is 1.11 bits per heavy atom. The molecule has 4 heterocycles. The van der Waals surface area contributed by atoms with Crippen molar-refractivity contribution in [1.29, 1.82) is 0 Å². The number of sulfonamides is 1. The predicted molar refractivity (Wildman–Crippen MR) is 194 cm³/mol. The first-order chi connectivity index (χ1) is 25.1. The molecule has 0 unspecified atom stereocenters. The molecule has 3 fully saturated rings. The first-order valence-electron chi connectivity index (χ1n) is 18.7. The van der Waals surface area contributed by atoms with Crippen LogP contribution >= 0.6 is 0 Å². The molecule has 4 amide bonds. The number of hydrogen-bond acceptors (Lipinski definition) is 10. The quantitative estimate of drug-likeness (QED) is 0.330. The number of allylic oxidation sites excluding steroid dienone is 1. The summed E-state index contributed by atoms with van der Waals surface area (Å²) in [7, 11) is -3.90. The van der Waals surface area contributed by atoms with Crippen LogP contribution in [0, 0.1) is 5.92 Å². The molecule has 2 aromatic rings. The van der Waals surface area contributed by atoms with E-state index >= 15 is 0 Å². The van der Waals surface area contributed by atoms with E-state index in [-0.39, 0.29) is 26.0 Å². The van der Waals surface area contributed by atoms with Crippen LogP contribution in [0.3, 0.4) is 0 Å². The van der Waals surface area contributed by atoms with Crippen molar-refractivity contribution in [3.05, 3.63) is 47.7 Å². The topological polar surface area (TPSA) is 193 Å². The summed E-state index contributed by atoms with van der Waals surface area (Å²) < 4.78 is 40.2. The molecule has 4 N–H and O–H groups in total. The van der Waals surface area contributed by atoms with E-state index in [2.05, 4.69) is 20.3 Å². The van der Waals surface area contributed by atoms with Crippen LogP contribution in [0.25, 0.3) is 10.9 Å². The van der Waals surface area contributed by atoms with E-state index in [0.717, 1.165) is 29.3 Å². The molecule has 5 aliphatic rings. The number of aliphatic hydroxyl groups excluding tert-OH is 1. The molecule has 15 heteroatoms. The number of hydrogen-bond donors (Lipinski definition) is 4. The van der Waals surface area contributed by atoms with Gasteiger partial charge >= 0.3 is 6.09 Å². The second-order valence-corrected chi connectivity index (χ2v) is 18.2. The number of nitrogens with one attached hydrogen (secondary N) is 3. The molecule has 7 rings (SSSR count). The molecule has 5 atom stereocenters. The van der Waals surface area contributed by atoms with E-state index in [4.69, 9.17) is 9.47 Å². The second kappa shape index (κ2) is 13.9. The van der Waals surface area contributed by atoms with Crippen LogP contribution in [0.2, 0.25) is 0 Å². The molecule has 1 saturated heterocycles. The largest absolute Gasteiger partial charge is 0.483 e. The van der Waals surface area contributed by atoms with Gasteiger partial charge in [-0.3, -0.25) is 19.1 Å². The number of pyridine rings is 1. The molecule has 3 aliphatic heterocycles. The van der Waals surface area contributed by atoms with Gasteiger partial charge in [0.15, 0.2) is 0 Å². The molecule has 1 aromatic heterocycles. The van der Waals surface area contributed by atoms with E-state index in [1.54, 1.807) is 20.8 Å². The van der Waals surface area contributed by atoms with E-state index in [1.807, 2.05) is 36.4 Å². The Hall–Kier alpha value is -4.24. The Bertz CT molecular complexity index is 1960. The van der Waals surface area contributed by atoms with Gasteiger partial charge in [-0.25, -0.2) is 18.2 Å². The molecule has 2 saturated carbocycles. The first-order valence-corrected chi connectivity index (χ1v) is 20.2. The third-order valence-electron chi connectivity index (χ3n) is 11.0. The predicted octanol–water partition coefficient (Wildman–Crippen LogP) is 3.29. The Balaban J connectivity index is 1.24. The van der Waals surface area contributed by atoms with Crippen molar-refractivity contribution in [2.45, 2.75) is 132 Å². The molecular formula is C38H49N5O9S. The van der Waals surface area contributed by atoms with E-state index < -0.39 is 73.8 Å². The molecule has 14 nitrogen and oxygen atoms in total. The van der Waals surface area contributed by atoms with Crippen molar-refractivity contribution in [2.24, 2.45) is 5.92 Å². The summed E-state index contributed by atoms with van der Waals surface area (Å²) in [6.45, 7) is 4.80. The lowest BCUT2D eigenvalue weighted by atomic mass is 9.87. The molecule has 286 valence electrons. The lowest BCUT2D eigenvalue weighted by Gasteiger charge is -2.37. The molecule has 2 aliphatic carbocycles. The summed E-state index contributed by atoms with van der Waals surface area (Å²) in [6.07, 6.45) is 8.39. The number of rotatable bonds is 5. The lowest BCUT2D eigenvalue weighted by Crippen LogP contribution is -2.58. The van der Waals surface area contributed by atoms with Crippen LogP contribution in [0.5, 0.6) is 5.75 Å². The van der Waals surface area contributed by atoms with Crippen molar-refractivity contribution in [1.82, 2.24) is 25.2 Å². The van der Waals surface area contributed by atoms with Gasteiger partial charge in [-0.1, -0.05) is 43.2 Å². The Kier molecular flexibility index (Phi) is 9.71. The standard InChI is InChI=1S/C38H49N5O9S/c1-36(2,3)52-35(48)40-28-14-8-6-4-5-7-11-23-19-38(23,34(47)42-53(49,50)24-15-16-24)41-32(45)30-20-37(22-43(30)33(28)46)18-17-26-25-12-9-10-13-27(25)39-29(21-44)31(26)51-37/h7,9-13,23-24,28,30,44H,4-6,8,14-22H2,1-3H3,(H,40,48)(H,41,45)(H,42,47)/b11-7-/t23-,28-,30-,37+,38+/m0/s1. The van der Waals surface area contributed by atoms with Crippen molar-refractivity contribution in [3.8, 4) is 5.75 Å². The summed E-state index contributed by atoms with van der Waals surface area (Å²) in [5, 5.41) is 16.3. The smallest absolute Gasteiger partial charge is 0.408 e. The number of alkyl carbamates (subject to hydrolysis) is 1. The lowest BCUT2D eigenvalue weighted by molar-refractivity contribution is -0.141. The van der Waals surface area contributed by atoms with Gasteiger partial charge < -0.3 is 30.1 Å². The number of carbonyl (C=O) groups excluding carboxylic acids is 4. The van der Waals surface area contributed by atoms with Crippen LogP contribution in [0.15, 0.2) is 36.4 Å². The van der Waals surface area contributed by atoms with Gasteiger partial charge in [0.2, 0.25) is 21.8 Å². The highest BCUT2D eigenvalue weighted by molar-refractivity contribution is 7.91. The maximum absolute atomic E-state index is 14.7. The number of nitrogens with zero attached hydrogens (tertiary/aromatic N) is 2. The Morgan fingerprint density at radius 2 is 1.89 bits per heavy atom. The van der Waals surface area contributed by atoms with Gasteiger partial charge in [0.1, 0.15) is 40.3 Å². The molecule has 1 aromatic carbocycles. The molecule has 0 bridgehead atoms. The second-order valence-electron chi connectivity index (χ2n) is 16.2. The summed E-state index contributed by atoms with van der Waals surface area (Å²) in [6, 6.07) is 5.45. The summed E-state index contributed by atoms with van der Waals surface area (Å²) in [5.41, 5.74) is -1.43. The van der Waals surface area contributed by atoms with E-state index in [0.29, 0.717) is 56.4 Å². The number of carbonyl (C=O) groups is 4. The first kappa shape index (κ1) is 37.1. The highest BCUT2D eigenvalue weighted by Crippen LogP contribution is 2.48. The number of aryl methyl sites for hydroxylation is 1. The number of ether oxygens (including phenoxy) is 2. The summed E-state index contributed by atoms with van der Waals surface area (Å²) in [4.78, 5) is 62.1. The van der Waals surface area contributed by atoms with Crippen molar-refractivity contribution in [2.75, 3.05) is 6.54 Å². The van der Waals surface area contributed by atoms with E-state index in [9.17, 15) is 32.7 Å². The maximum atomic E-state index is 14.7. The zero-order chi connectivity index (χ0) is 37.8. The summed E-state index contributed by atoms with van der Waals surface area (Å²) in [5.74, 6) is -1.91. The Morgan fingerprint density at radius 3 is 2.62 bits per heavy atom. The zero-order valence-corrected chi connectivity index (χ0v) is 31.3. The molecule has 53 heavy (non-hydrogen) atoms. The van der Waals surface area contributed by atoms with Crippen molar-refractivity contribution in [3.63, 3.8) is 0 Å². The minimum absolute atomic E-state index is 0.00780. The SMILES string of the molecule is CC(C)(C)OC(=O)N[C@H]1CCCCC/C=C\[C@H]2C[C@@]2(C(=O)NS(=O)(=O)C2CC2)NC(=O)[C@@H]2C[C@]3(CCc4c(c(CO)nc5ccccc45)O3)CN2C1=O. The highest BCUT2D eigenvalue weighted by atomic mass is 32.2. The van der Waals surface area contributed by atoms with Crippen LogP contribution in [0.1, 0.15) is 96.2 Å². The third-order valence-corrected chi connectivity index (χ3v) is 12.8. The number of aromatic nitrogens is 1. The number of fused-ring (bicyclic) bond motifs is 5. The van der Waals surface area contributed by atoms with Crippen molar-refractivity contribution < 1.29 is 42.2 Å². The fourth-order valence-electron chi connectivity index (χ4n) is 8.01. The van der Waals surface area contributed by atoms with Gasteiger partial charge in [0, 0.05) is 23.3 Å². The number of benzene rings is 1. The minimum Gasteiger partial charge on any atom is -0.483 e. The number of amides is 4. The fraction of sp³-hybridized carbons (Fsp3) is 0.605. The summed E-state index contributed by atoms with van der Waals surface area (Å²) >= 11 is 0. The molecule has 0 radical (unpaired) electrons. The number of para-hydroxylation sites is 1. The molecular weight excluding hydrogens is 703 g/mol. The van der Waals surface area contributed by atoms with Gasteiger partial charge in [-0.2, -0.15) is 0 Å². The zero-order valence-electron chi connectivity index (χ0n) is 30.5. The fourth-order valence-corrected chi connectivity index (χ4v) is 9.37. The average molecular weight is 752 g/mol. The van der Waals surface area contributed by atoms with Crippen LogP contribution in [-0.2, 0) is 42.2 Å². The minimum atomic E-state index is -3.90. The van der Waals surface area contributed by atoms with Crippen molar-refractivity contribution >= 4 is 44.7 Å². The van der Waals surface area contributed by atoms with Gasteiger partial charge in [0.05, 0.1) is 23.9 Å². The maximum Gasteiger partial charge on any atom is 0.408 e. The van der Waals surface area contributed by atoms with Crippen LogP contribution < -0.4 is 20.1 Å². The normalized spacial score (nSPS) is 29.7. The van der Waals surface area contributed by atoms with E-state index in [1.165, 1.54) is 4.90 Å². The van der Waals surface area contributed by atoms with Crippen LogP contribution in [-0.4, -0.2) is 87.8 Å². The van der Waals surface area contributed by atoms with Gasteiger partial charge in [-0.15, -0.1) is 0 Å². The molecule has 1 spiro atoms. The number of aliphatic hydroxyl groups is 1. The third kappa shape index (κ3) is 7.59. The Labute approximate surface area is 309 Å². The average Bonchev–Trinajstić information content (AvgIpc) is 4.03. The van der Waals surface area contributed by atoms with Gasteiger partial charge in [-0.05, 0) is 78.2 Å². The van der Waals surface area contributed by atoms with Crippen LogP contribution in [0.4, 0.5) is 4.79 Å². The highest BCUT2D eigenvalue weighted by Gasteiger charge is 2.63. The van der Waals surface area contributed by atoms with Gasteiger partial charge in [0.25, 0.3) is 5.91 Å². The monoisotopic (exact) mass is 751 g/mol.